The number of piperidine rings is 1. The van der Waals surface area contributed by atoms with Crippen molar-refractivity contribution >= 4 is 17.2 Å². The molecule has 4 rings (SSSR count). The van der Waals surface area contributed by atoms with Crippen molar-refractivity contribution in [1.82, 2.24) is 14.8 Å². The first-order chi connectivity index (χ1) is 12.3. The quantitative estimate of drug-likeness (QED) is 0.803. The third-order valence-electron chi connectivity index (χ3n) is 5.81. The normalized spacial score (nSPS) is 26.0. The second-order valence-corrected chi connectivity index (χ2v) is 8.95. The monoisotopic (exact) mass is 385 g/mol. The van der Waals surface area contributed by atoms with Gasteiger partial charge in [-0.25, -0.2) is 13.8 Å². The molecule has 144 valence electrons. The molecule has 26 heavy (non-hydrogen) atoms. The minimum atomic E-state index is -2.64. The van der Waals surface area contributed by atoms with Gasteiger partial charge < -0.3 is 9.64 Å². The van der Waals surface area contributed by atoms with Crippen LogP contribution in [0.3, 0.4) is 0 Å². The molecule has 1 spiro atoms. The molecule has 0 bridgehead atoms. The Morgan fingerprint density at radius 1 is 1.35 bits per heavy atom. The lowest BCUT2D eigenvalue weighted by molar-refractivity contribution is -0.169. The average Bonchev–Trinajstić information content (AvgIpc) is 2.98. The molecular formula is C18H25F2N3O2S. The summed E-state index contributed by atoms with van der Waals surface area (Å²) in [5.41, 5.74) is 0.881. The van der Waals surface area contributed by atoms with E-state index in [1.165, 1.54) is 0 Å². The van der Waals surface area contributed by atoms with Crippen LogP contribution in [0.4, 0.5) is 8.78 Å². The average molecular weight is 385 g/mol. The topological polar surface area (TPSA) is 45.7 Å². The number of nitrogens with zero attached hydrogens (tertiary/aromatic N) is 3. The number of morpholine rings is 1. The molecule has 0 N–H and O–H groups in total. The zero-order valence-electron chi connectivity index (χ0n) is 15.0. The number of hydrogen-bond acceptors (Lipinski definition) is 5. The highest BCUT2D eigenvalue weighted by Gasteiger charge is 2.50. The standard InChI is InChI=1S/C18H25F2N3O2S/c1-13-21-15(11-26-13)10-22-6-7-25-17(12-22)2-4-23(5-3-17)16(24)14-8-18(19,20)9-14/h11,14H,2-10,12H2,1H3. The molecule has 3 fully saturated rings. The van der Waals surface area contributed by atoms with Gasteiger partial charge in [-0.2, -0.15) is 0 Å². The van der Waals surface area contributed by atoms with Crippen LogP contribution >= 0.6 is 11.3 Å². The van der Waals surface area contributed by atoms with Gasteiger partial charge in [0.05, 0.1) is 22.9 Å². The minimum Gasteiger partial charge on any atom is -0.372 e. The molecule has 2 saturated heterocycles. The van der Waals surface area contributed by atoms with Gasteiger partial charge in [0, 0.05) is 56.9 Å². The molecule has 1 amide bonds. The maximum Gasteiger partial charge on any atom is 0.249 e. The molecule has 1 aliphatic carbocycles. The van der Waals surface area contributed by atoms with Crippen molar-refractivity contribution in [2.75, 3.05) is 32.8 Å². The van der Waals surface area contributed by atoms with Crippen LogP contribution in [0.25, 0.3) is 0 Å². The first kappa shape index (κ1) is 18.3. The largest absolute Gasteiger partial charge is 0.372 e. The highest BCUT2D eigenvalue weighted by Crippen LogP contribution is 2.44. The third-order valence-corrected chi connectivity index (χ3v) is 6.63. The van der Waals surface area contributed by atoms with Crippen LogP contribution in [-0.4, -0.2) is 65.0 Å². The van der Waals surface area contributed by atoms with Gasteiger partial charge in [0.2, 0.25) is 11.8 Å². The van der Waals surface area contributed by atoms with Crippen LogP contribution in [0, 0.1) is 12.8 Å². The summed E-state index contributed by atoms with van der Waals surface area (Å²) >= 11 is 1.67. The Balaban J connectivity index is 1.30. The van der Waals surface area contributed by atoms with Gasteiger partial charge in [-0.3, -0.25) is 9.69 Å². The number of likely N-dealkylation sites (tertiary alicyclic amines) is 1. The maximum absolute atomic E-state index is 13.0. The Labute approximate surface area is 156 Å². The molecule has 0 atom stereocenters. The number of amides is 1. The van der Waals surface area contributed by atoms with Crippen molar-refractivity contribution in [3.8, 4) is 0 Å². The highest BCUT2D eigenvalue weighted by molar-refractivity contribution is 7.09. The summed E-state index contributed by atoms with van der Waals surface area (Å²) in [6, 6.07) is 0. The summed E-state index contributed by atoms with van der Waals surface area (Å²) in [5.74, 6) is -3.23. The molecule has 0 radical (unpaired) electrons. The molecule has 0 aromatic carbocycles. The van der Waals surface area contributed by atoms with E-state index in [1.807, 2.05) is 6.92 Å². The van der Waals surface area contributed by atoms with Crippen LogP contribution in [0.1, 0.15) is 36.4 Å². The van der Waals surface area contributed by atoms with Crippen LogP contribution in [0.5, 0.6) is 0 Å². The van der Waals surface area contributed by atoms with Crippen LogP contribution < -0.4 is 0 Å². The summed E-state index contributed by atoms with van der Waals surface area (Å²) in [6.07, 6.45) is 0.971. The number of rotatable bonds is 3. The lowest BCUT2D eigenvalue weighted by atomic mass is 9.79. The number of carbonyl (C=O) groups excluding carboxylic acids is 1. The number of thiazole rings is 1. The van der Waals surface area contributed by atoms with E-state index in [0.717, 1.165) is 43.2 Å². The minimum absolute atomic E-state index is 0.101. The van der Waals surface area contributed by atoms with Gasteiger partial charge >= 0.3 is 0 Å². The fourth-order valence-corrected chi connectivity index (χ4v) is 4.90. The Kier molecular flexibility index (Phi) is 4.77. The van der Waals surface area contributed by atoms with Crippen molar-refractivity contribution in [2.45, 2.75) is 50.7 Å². The van der Waals surface area contributed by atoms with Gasteiger partial charge in [-0.1, -0.05) is 0 Å². The summed E-state index contributed by atoms with van der Waals surface area (Å²) in [7, 11) is 0. The molecule has 1 saturated carbocycles. The van der Waals surface area contributed by atoms with Crippen molar-refractivity contribution in [3.63, 3.8) is 0 Å². The van der Waals surface area contributed by atoms with E-state index in [4.69, 9.17) is 4.74 Å². The molecular weight excluding hydrogens is 360 g/mol. The van der Waals surface area contributed by atoms with Gasteiger partial charge in [0.1, 0.15) is 0 Å². The van der Waals surface area contributed by atoms with Crippen LogP contribution in [0.2, 0.25) is 0 Å². The van der Waals surface area contributed by atoms with E-state index in [0.29, 0.717) is 19.7 Å². The summed E-state index contributed by atoms with van der Waals surface area (Å²) in [5, 5.41) is 3.18. The van der Waals surface area contributed by atoms with E-state index >= 15 is 0 Å². The molecule has 2 aliphatic heterocycles. The van der Waals surface area contributed by atoms with E-state index in [1.54, 1.807) is 16.2 Å². The fraction of sp³-hybridized carbons (Fsp3) is 0.778. The summed E-state index contributed by atoms with van der Waals surface area (Å²) in [6.45, 7) is 6.46. The number of hydrogen-bond donors (Lipinski definition) is 0. The van der Waals surface area contributed by atoms with Crippen LogP contribution in [0.15, 0.2) is 5.38 Å². The van der Waals surface area contributed by atoms with Gasteiger partial charge in [0.25, 0.3) is 0 Å². The van der Waals surface area contributed by atoms with Crippen molar-refractivity contribution in [3.05, 3.63) is 16.1 Å². The molecule has 1 aromatic heterocycles. The number of alkyl halides is 2. The second kappa shape index (κ2) is 6.80. The number of aryl methyl sites for hydroxylation is 1. The molecule has 0 unspecified atom stereocenters. The smallest absolute Gasteiger partial charge is 0.249 e. The Hall–Kier alpha value is -1.12. The third kappa shape index (κ3) is 3.77. The van der Waals surface area contributed by atoms with Crippen LogP contribution in [-0.2, 0) is 16.1 Å². The Bertz CT molecular complexity index is 665. The van der Waals surface area contributed by atoms with Gasteiger partial charge in [-0.05, 0) is 19.8 Å². The van der Waals surface area contributed by atoms with Crippen molar-refractivity contribution < 1.29 is 18.3 Å². The number of ether oxygens (including phenoxy) is 1. The first-order valence-electron chi connectivity index (χ1n) is 9.28. The number of halogens is 2. The van der Waals surface area contributed by atoms with Gasteiger partial charge in [-0.15, -0.1) is 11.3 Å². The molecule has 1 aromatic rings. The molecule has 8 heteroatoms. The number of aromatic nitrogens is 1. The van der Waals surface area contributed by atoms with E-state index in [2.05, 4.69) is 15.3 Å². The van der Waals surface area contributed by atoms with Crippen molar-refractivity contribution in [1.29, 1.82) is 0 Å². The predicted octanol–water partition coefficient (Wildman–Crippen LogP) is 2.69. The molecule has 3 heterocycles. The van der Waals surface area contributed by atoms with E-state index < -0.39 is 11.8 Å². The predicted molar refractivity (Wildman–Crippen MR) is 94.3 cm³/mol. The highest BCUT2D eigenvalue weighted by atomic mass is 32.1. The first-order valence-corrected chi connectivity index (χ1v) is 10.2. The maximum atomic E-state index is 13.0. The zero-order chi connectivity index (χ0) is 18.4. The second-order valence-electron chi connectivity index (χ2n) is 7.89. The SMILES string of the molecule is Cc1nc(CN2CCOC3(CCN(C(=O)C4CC(F)(F)C4)CC3)C2)cs1. The lowest BCUT2D eigenvalue weighted by Crippen LogP contribution is -2.58. The summed E-state index contributed by atoms with van der Waals surface area (Å²) < 4.78 is 32.2. The Morgan fingerprint density at radius 3 is 2.69 bits per heavy atom. The fourth-order valence-electron chi connectivity index (χ4n) is 4.30. The van der Waals surface area contributed by atoms with E-state index in [-0.39, 0.29) is 24.3 Å². The summed E-state index contributed by atoms with van der Waals surface area (Å²) in [4.78, 5) is 21.1. The number of carbonyl (C=O) groups is 1. The van der Waals surface area contributed by atoms with Crippen molar-refractivity contribution in [2.24, 2.45) is 5.92 Å². The van der Waals surface area contributed by atoms with E-state index in [9.17, 15) is 13.6 Å². The Morgan fingerprint density at radius 2 is 2.08 bits per heavy atom. The van der Waals surface area contributed by atoms with Gasteiger partial charge in [0.15, 0.2) is 0 Å². The molecule has 5 nitrogen and oxygen atoms in total. The lowest BCUT2D eigenvalue weighted by Gasteiger charge is -2.48. The zero-order valence-corrected chi connectivity index (χ0v) is 15.9. The molecule has 3 aliphatic rings.